The molecule has 1 aliphatic rings. The number of hydrogen-bond acceptors (Lipinski definition) is 3. The SMILES string of the molecule is CCCCCc1cccc2c1CC(C(=O)OC)NC2. The Morgan fingerprint density at radius 1 is 1.42 bits per heavy atom. The molecule has 0 saturated carbocycles. The van der Waals surface area contributed by atoms with E-state index < -0.39 is 0 Å². The van der Waals surface area contributed by atoms with Crippen molar-refractivity contribution in [2.45, 2.75) is 51.6 Å². The summed E-state index contributed by atoms with van der Waals surface area (Å²) in [5.74, 6) is -0.158. The molecule has 3 heteroatoms. The Morgan fingerprint density at radius 3 is 3.00 bits per heavy atom. The Bertz CT molecular complexity index is 442. The monoisotopic (exact) mass is 261 g/mol. The van der Waals surface area contributed by atoms with Crippen LogP contribution in [0.4, 0.5) is 0 Å². The maximum atomic E-state index is 11.7. The normalized spacial score (nSPS) is 17.9. The summed E-state index contributed by atoms with van der Waals surface area (Å²) in [7, 11) is 1.45. The van der Waals surface area contributed by atoms with Crippen LogP contribution in [0.1, 0.15) is 42.9 Å². The first-order valence-electron chi connectivity index (χ1n) is 7.17. The quantitative estimate of drug-likeness (QED) is 0.654. The first-order valence-corrected chi connectivity index (χ1v) is 7.17. The van der Waals surface area contributed by atoms with Gasteiger partial charge >= 0.3 is 5.97 Å². The van der Waals surface area contributed by atoms with Crippen molar-refractivity contribution in [1.82, 2.24) is 5.32 Å². The number of fused-ring (bicyclic) bond motifs is 1. The van der Waals surface area contributed by atoms with E-state index in [1.54, 1.807) is 0 Å². The van der Waals surface area contributed by atoms with E-state index in [1.165, 1.54) is 43.1 Å². The molecule has 0 radical (unpaired) electrons. The molecule has 1 atom stereocenters. The zero-order valence-corrected chi connectivity index (χ0v) is 11.9. The van der Waals surface area contributed by atoms with E-state index in [4.69, 9.17) is 4.74 Å². The summed E-state index contributed by atoms with van der Waals surface area (Å²) in [6.07, 6.45) is 5.60. The van der Waals surface area contributed by atoms with E-state index in [1.807, 2.05) is 0 Å². The first kappa shape index (κ1) is 14.1. The van der Waals surface area contributed by atoms with E-state index in [9.17, 15) is 4.79 Å². The molecule has 0 aliphatic carbocycles. The molecule has 1 unspecified atom stereocenters. The molecule has 2 rings (SSSR count). The molecule has 0 spiro atoms. The van der Waals surface area contributed by atoms with Gasteiger partial charge in [-0.15, -0.1) is 0 Å². The standard InChI is InChI=1S/C16H23NO2/c1-3-4-5-7-12-8-6-9-13-11-17-15(10-14(12)13)16(18)19-2/h6,8-9,15,17H,3-5,7,10-11H2,1-2H3. The van der Waals surface area contributed by atoms with Gasteiger partial charge in [0.2, 0.25) is 0 Å². The minimum absolute atomic E-state index is 0.158. The van der Waals surface area contributed by atoms with Crippen molar-refractivity contribution < 1.29 is 9.53 Å². The molecule has 1 aromatic rings. The molecule has 0 fully saturated rings. The summed E-state index contributed by atoms with van der Waals surface area (Å²) in [6, 6.07) is 6.29. The van der Waals surface area contributed by atoms with Crippen LogP contribution in [0.5, 0.6) is 0 Å². The number of ether oxygens (including phenoxy) is 1. The van der Waals surface area contributed by atoms with Gasteiger partial charge in [-0.05, 0) is 36.0 Å². The highest BCUT2D eigenvalue weighted by molar-refractivity contribution is 5.76. The summed E-state index contributed by atoms with van der Waals surface area (Å²) in [5.41, 5.74) is 4.09. The van der Waals surface area contributed by atoms with Gasteiger partial charge in [0.05, 0.1) is 7.11 Å². The van der Waals surface area contributed by atoms with Crippen molar-refractivity contribution in [2.75, 3.05) is 7.11 Å². The number of nitrogens with one attached hydrogen (secondary N) is 1. The van der Waals surface area contributed by atoms with Crippen LogP contribution in [-0.4, -0.2) is 19.1 Å². The van der Waals surface area contributed by atoms with Crippen molar-refractivity contribution in [2.24, 2.45) is 0 Å². The summed E-state index contributed by atoms with van der Waals surface area (Å²) < 4.78 is 4.84. The van der Waals surface area contributed by atoms with Crippen LogP contribution in [0.15, 0.2) is 18.2 Å². The fourth-order valence-corrected chi connectivity index (χ4v) is 2.73. The van der Waals surface area contributed by atoms with Gasteiger partial charge in [0.15, 0.2) is 0 Å². The average Bonchev–Trinajstić information content (AvgIpc) is 2.46. The van der Waals surface area contributed by atoms with Gasteiger partial charge in [0.25, 0.3) is 0 Å². The average molecular weight is 261 g/mol. The molecule has 1 aliphatic heterocycles. The highest BCUT2D eigenvalue weighted by atomic mass is 16.5. The molecule has 0 saturated heterocycles. The highest BCUT2D eigenvalue weighted by Gasteiger charge is 2.25. The third-order valence-corrected chi connectivity index (χ3v) is 3.85. The molecular weight excluding hydrogens is 238 g/mol. The molecular formula is C16H23NO2. The van der Waals surface area contributed by atoms with Crippen molar-refractivity contribution in [3.63, 3.8) is 0 Å². The van der Waals surface area contributed by atoms with Crippen LogP contribution in [0.2, 0.25) is 0 Å². The van der Waals surface area contributed by atoms with Gasteiger partial charge in [0.1, 0.15) is 6.04 Å². The van der Waals surface area contributed by atoms with Gasteiger partial charge in [-0.25, -0.2) is 0 Å². The summed E-state index contributed by atoms with van der Waals surface area (Å²) in [5, 5.41) is 3.25. The number of benzene rings is 1. The molecule has 1 N–H and O–H groups in total. The fourth-order valence-electron chi connectivity index (χ4n) is 2.73. The van der Waals surface area contributed by atoms with Crippen LogP contribution >= 0.6 is 0 Å². The molecule has 104 valence electrons. The number of unbranched alkanes of at least 4 members (excludes halogenated alkanes) is 2. The van der Waals surface area contributed by atoms with E-state index >= 15 is 0 Å². The second kappa shape index (κ2) is 6.71. The van der Waals surface area contributed by atoms with Gasteiger partial charge in [-0.1, -0.05) is 38.0 Å². The number of carbonyl (C=O) groups excluding carboxylic acids is 1. The van der Waals surface area contributed by atoms with Crippen molar-refractivity contribution in [3.05, 3.63) is 34.9 Å². The van der Waals surface area contributed by atoms with E-state index in [-0.39, 0.29) is 12.0 Å². The van der Waals surface area contributed by atoms with Crippen LogP contribution in [-0.2, 0) is 28.9 Å². The largest absolute Gasteiger partial charge is 0.468 e. The Morgan fingerprint density at radius 2 is 2.26 bits per heavy atom. The van der Waals surface area contributed by atoms with Crippen LogP contribution in [0.3, 0.4) is 0 Å². The van der Waals surface area contributed by atoms with Gasteiger partial charge in [-0.3, -0.25) is 4.79 Å². The lowest BCUT2D eigenvalue weighted by Crippen LogP contribution is -2.42. The first-order chi connectivity index (χ1) is 9.26. The zero-order valence-electron chi connectivity index (χ0n) is 11.9. The molecule has 1 heterocycles. The lowest BCUT2D eigenvalue weighted by Gasteiger charge is -2.26. The molecule has 0 aromatic heterocycles. The molecule has 19 heavy (non-hydrogen) atoms. The number of methoxy groups -OCH3 is 1. The number of hydrogen-bond donors (Lipinski definition) is 1. The van der Waals surface area contributed by atoms with Crippen LogP contribution < -0.4 is 5.32 Å². The summed E-state index contributed by atoms with van der Waals surface area (Å²) >= 11 is 0. The van der Waals surface area contributed by atoms with Crippen molar-refractivity contribution >= 4 is 5.97 Å². The molecule has 1 aromatic carbocycles. The molecule has 0 amide bonds. The maximum Gasteiger partial charge on any atom is 0.323 e. The second-order valence-electron chi connectivity index (χ2n) is 5.17. The van der Waals surface area contributed by atoms with Crippen LogP contribution in [0.25, 0.3) is 0 Å². The number of esters is 1. The predicted octanol–water partition coefficient (Wildman–Crippen LogP) is 2.61. The van der Waals surface area contributed by atoms with Gasteiger partial charge < -0.3 is 10.1 Å². The van der Waals surface area contributed by atoms with E-state index in [0.29, 0.717) is 0 Å². The Hall–Kier alpha value is -1.35. The Balaban J connectivity index is 2.13. The maximum absolute atomic E-state index is 11.7. The van der Waals surface area contributed by atoms with Crippen LogP contribution in [0, 0.1) is 0 Å². The number of rotatable bonds is 5. The topological polar surface area (TPSA) is 38.3 Å². The lowest BCUT2D eigenvalue weighted by molar-refractivity contribution is -0.143. The third-order valence-electron chi connectivity index (χ3n) is 3.85. The lowest BCUT2D eigenvalue weighted by atomic mass is 9.89. The third kappa shape index (κ3) is 3.35. The van der Waals surface area contributed by atoms with E-state index in [0.717, 1.165) is 19.4 Å². The van der Waals surface area contributed by atoms with Gasteiger partial charge in [-0.2, -0.15) is 0 Å². The summed E-state index contributed by atoms with van der Waals surface area (Å²) in [6.45, 7) is 2.98. The minimum Gasteiger partial charge on any atom is -0.468 e. The molecule has 3 nitrogen and oxygen atoms in total. The van der Waals surface area contributed by atoms with E-state index in [2.05, 4.69) is 30.4 Å². The molecule has 0 bridgehead atoms. The Labute approximate surface area is 115 Å². The smallest absolute Gasteiger partial charge is 0.323 e. The predicted molar refractivity (Wildman–Crippen MR) is 76.0 cm³/mol. The number of aryl methyl sites for hydroxylation is 1. The Kier molecular flexibility index (Phi) is 4.97. The fraction of sp³-hybridized carbons (Fsp3) is 0.562. The van der Waals surface area contributed by atoms with Crippen molar-refractivity contribution in [1.29, 1.82) is 0 Å². The second-order valence-corrected chi connectivity index (χ2v) is 5.17. The van der Waals surface area contributed by atoms with Gasteiger partial charge in [0, 0.05) is 6.54 Å². The number of carbonyl (C=O) groups is 1. The highest BCUT2D eigenvalue weighted by Crippen LogP contribution is 2.23. The summed E-state index contributed by atoms with van der Waals surface area (Å²) in [4.78, 5) is 11.7. The minimum atomic E-state index is -0.190. The zero-order chi connectivity index (χ0) is 13.7. The van der Waals surface area contributed by atoms with Crippen molar-refractivity contribution in [3.8, 4) is 0 Å².